The van der Waals surface area contributed by atoms with Crippen LogP contribution in [0.3, 0.4) is 0 Å². The number of nitro benzene ring substituents is 1. The number of hydrogen-bond acceptors (Lipinski definition) is 3. The third kappa shape index (κ3) is 3.03. The van der Waals surface area contributed by atoms with E-state index >= 15 is 0 Å². The van der Waals surface area contributed by atoms with Crippen LogP contribution in [-0.2, 0) is 0 Å². The van der Waals surface area contributed by atoms with E-state index < -0.39 is 10.8 Å². The Morgan fingerprint density at radius 1 is 1.24 bits per heavy atom. The number of halogens is 1. The summed E-state index contributed by atoms with van der Waals surface area (Å²) in [5.41, 5.74) is 1.59. The molecule has 0 saturated heterocycles. The molecule has 0 aliphatic rings. The van der Waals surface area contributed by atoms with Gasteiger partial charge >= 0.3 is 0 Å². The number of para-hydroxylation sites is 1. The lowest BCUT2D eigenvalue weighted by Crippen LogP contribution is -2.27. The van der Waals surface area contributed by atoms with Gasteiger partial charge in [0.2, 0.25) is 0 Å². The number of carbonyl (C=O) groups is 1. The van der Waals surface area contributed by atoms with E-state index in [0.29, 0.717) is 0 Å². The molecular weight excluding hydrogens is 292 g/mol. The second kappa shape index (κ2) is 5.93. The van der Waals surface area contributed by atoms with Crippen LogP contribution in [-0.4, -0.2) is 17.9 Å². The molecule has 0 atom stereocenters. The highest BCUT2D eigenvalue weighted by atomic mass is 35.5. The average molecular weight is 305 g/mol. The van der Waals surface area contributed by atoms with Gasteiger partial charge in [0.25, 0.3) is 11.6 Å². The number of anilines is 1. The number of aryl methyl sites for hydroxylation is 1. The van der Waals surface area contributed by atoms with E-state index in [4.69, 9.17) is 11.6 Å². The number of benzene rings is 2. The largest absolute Gasteiger partial charge is 0.311 e. The number of non-ortho nitro benzene ring substituents is 1. The molecule has 0 unspecified atom stereocenters. The smallest absolute Gasteiger partial charge is 0.270 e. The van der Waals surface area contributed by atoms with E-state index in [1.165, 1.54) is 23.1 Å². The SMILES string of the molecule is Cc1ccccc1N(C)C(=O)c1cc([N+](=O)[O-])ccc1Cl. The molecule has 0 spiro atoms. The van der Waals surface area contributed by atoms with Gasteiger partial charge in [-0.25, -0.2) is 0 Å². The molecule has 1 amide bonds. The van der Waals surface area contributed by atoms with E-state index in [0.717, 1.165) is 11.3 Å². The number of nitrogens with zero attached hydrogens (tertiary/aromatic N) is 2. The highest BCUT2D eigenvalue weighted by Gasteiger charge is 2.20. The Hall–Kier alpha value is -2.40. The van der Waals surface area contributed by atoms with Crippen molar-refractivity contribution < 1.29 is 9.72 Å². The summed E-state index contributed by atoms with van der Waals surface area (Å²) in [6.07, 6.45) is 0. The molecule has 0 aliphatic carbocycles. The zero-order valence-corrected chi connectivity index (χ0v) is 12.3. The van der Waals surface area contributed by atoms with Crippen LogP contribution in [0.1, 0.15) is 15.9 Å². The Kier molecular flexibility index (Phi) is 4.23. The molecule has 0 bridgehead atoms. The fourth-order valence-corrected chi connectivity index (χ4v) is 2.22. The predicted octanol–water partition coefficient (Wildman–Crippen LogP) is 3.83. The molecule has 0 N–H and O–H groups in total. The van der Waals surface area contributed by atoms with E-state index in [1.807, 2.05) is 25.1 Å². The highest BCUT2D eigenvalue weighted by molar-refractivity contribution is 6.34. The Labute approximate surface area is 126 Å². The summed E-state index contributed by atoms with van der Waals surface area (Å²) in [7, 11) is 1.61. The number of nitro groups is 1. The van der Waals surface area contributed by atoms with E-state index in [-0.39, 0.29) is 16.3 Å². The molecule has 0 radical (unpaired) electrons. The minimum atomic E-state index is -0.555. The van der Waals surface area contributed by atoms with Gasteiger partial charge in [-0.2, -0.15) is 0 Å². The van der Waals surface area contributed by atoms with Crippen molar-refractivity contribution >= 4 is 28.9 Å². The summed E-state index contributed by atoms with van der Waals surface area (Å²) in [6, 6.07) is 11.2. The zero-order chi connectivity index (χ0) is 15.6. The van der Waals surface area contributed by atoms with Crippen molar-refractivity contribution in [1.82, 2.24) is 0 Å². The van der Waals surface area contributed by atoms with Crippen LogP contribution < -0.4 is 4.90 Å². The molecule has 0 aliphatic heterocycles. The van der Waals surface area contributed by atoms with Gasteiger partial charge in [-0.15, -0.1) is 0 Å². The zero-order valence-electron chi connectivity index (χ0n) is 11.5. The second-order valence-corrected chi connectivity index (χ2v) is 4.98. The molecular formula is C15H13ClN2O3. The maximum Gasteiger partial charge on any atom is 0.270 e. The van der Waals surface area contributed by atoms with Crippen LogP contribution in [0, 0.1) is 17.0 Å². The Balaban J connectivity index is 2.42. The molecule has 108 valence electrons. The summed E-state index contributed by atoms with van der Waals surface area (Å²) in [4.78, 5) is 24.2. The number of amides is 1. The summed E-state index contributed by atoms with van der Waals surface area (Å²) in [5.74, 6) is -0.391. The fourth-order valence-electron chi connectivity index (χ4n) is 2.02. The van der Waals surface area contributed by atoms with Gasteiger partial charge in [-0.3, -0.25) is 14.9 Å². The van der Waals surface area contributed by atoms with E-state index in [2.05, 4.69) is 0 Å². The summed E-state index contributed by atoms with van der Waals surface area (Å²) in [6.45, 7) is 1.88. The summed E-state index contributed by atoms with van der Waals surface area (Å²) >= 11 is 6.00. The van der Waals surface area contributed by atoms with Gasteiger partial charge in [0, 0.05) is 24.9 Å². The lowest BCUT2D eigenvalue weighted by atomic mass is 10.1. The third-order valence-corrected chi connectivity index (χ3v) is 3.50. The Morgan fingerprint density at radius 2 is 1.90 bits per heavy atom. The summed E-state index contributed by atoms with van der Waals surface area (Å²) in [5, 5.41) is 11.0. The first-order valence-electron chi connectivity index (χ1n) is 6.19. The van der Waals surface area contributed by atoms with Crippen LogP contribution >= 0.6 is 11.6 Å². The second-order valence-electron chi connectivity index (χ2n) is 4.57. The van der Waals surface area contributed by atoms with Crippen LogP contribution in [0.25, 0.3) is 0 Å². The monoisotopic (exact) mass is 304 g/mol. The minimum Gasteiger partial charge on any atom is -0.311 e. The predicted molar refractivity (Wildman–Crippen MR) is 82.0 cm³/mol. The van der Waals surface area contributed by atoms with Gasteiger partial charge in [0.15, 0.2) is 0 Å². The van der Waals surface area contributed by atoms with Crippen LogP contribution in [0.15, 0.2) is 42.5 Å². The third-order valence-electron chi connectivity index (χ3n) is 3.17. The van der Waals surface area contributed by atoms with Crippen LogP contribution in [0.4, 0.5) is 11.4 Å². The van der Waals surface area contributed by atoms with Crippen LogP contribution in [0.2, 0.25) is 5.02 Å². The van der Waals surface area contributed by atoms with Crippen molar-refractivity contribution in [3.8, 4) is 0 Å². The molecule has 5 nitrogen and oxygen atoms in total. The van der Waals surface area contributed by atoms with Gasteiger partial charge in [-0.05, 0) is 24.6 Å². The van der Waals surface area contributed by atoms with Crippen molar-refractivity contribution in [3.63, 3.8) is 0 Å². The first kappa shape index (κ1) is 15.0. The molecule has 2 aromatic carbocycles. The van der Waals surface area contributed by atoms with Crippen LogP contribution in [0.5, 0.6) is 0 Å². The summed E-state index contributed by atoms with van der Waals surface area (Å²) < 4.78 is 0. The Morgan fingerprint density at radius 3 is 2.52 bits per heavy atom. The van der Waals surface area contributed by atoms with E-state index in [9.17, 15) is 14.9 Å². The molecule has 6 heteroatoms. The van der Waals surface area contributed by atoms with Gasteiger partial charge in [0.1, 0.15) is 0 Å². The number of hydrogen-bond donors (Lipinski definition) is 0. The molecule has 21 heavy (non-hydrogen) atoms. The lowest BCUT2D eigenvalue weighted by Gasteiger charge is -2.20. The van der Waals surface area contributed by atoms with Crippen molar-refractivity contribution in [2.45, 2.75) is 6.92 Å². The normalized spacial score (nSPS) is 10.2. The van der Waals surface area contributed by atoms with Gasteiger partial charge in [0.05, 0.1) is 15.5 Å². The molecule has 0 heterocycles. The highest BCUT2D eigenvalue weighted by Crippen LogP contribution is 2.26. The fraction of sp³-hybridized carbons (Fsp3) is 0.133. The number of carbonyl (C=O) groups excluding carboxylic acids is 1. The maximum atomic E-state index is 12.5. The maximum absolute atomic E-state index is 12.5. The van der Waals surface area contributed by atoms with E-state index in [1.54, 1.807) is 13.1 Å². The van der Waals surface area contributed by atoms with Gasteiger partial charge < -0.3 is 4.90 Å². The molecule has 0 aromatic heterocycles. The number of rotatable bonds is 3. The standard InChI is InChI=1S/C15H13ClN2O3/c1-10-5-3-4-6-14(10)17(2)15(19)12-9-11(18(20)21)7-8-13(12)16/h3-9H,1-2H3. The first-order chi connectivity index (χ1) is 9.91. The lowest BCUT2D eigenvalue weighted by molar-refractivity contribution is -0.384. The molecule has 0 saturated carbocycles. The van der Waals surface area contributed by atoms with Gasteiger partial charge in [-0.1, -0.05) is 29.8 Å². The molecule has 0 fully saturated rings. The molecule has 2 rings (SSSR count). The van der Waals surface area contributed by atoms with Crippen molar-refractivity contribution in [1.29, 1.82) is 0 Å². The topological polar surface area (TPSA) is 63.5 Å². The average Bonchev–Trinajstić information content (AvgIpc) is 2.46. The molecule has 2 aromatic rings. The van der Waals surface area contributed by atoms with Crippen molar-refractivity contribution in [3.05, 3.63) is 68.7 Å². The minimum absolute atomic E-state index is 0.108. The van der Waals surface area contributed by atoms with Crippen molar-refractivity contribution in [2.24, 2.45) is 0 Å². The Bertz CT molecular complexity index is 716. The van der Waals surface area contributed by atoms with Crippen molar-refractivity contribution in [2.75, 3.05) is 11.9 Å². The quantitative estimate of drug-likeness (QED) is 0.639. The first-order valence-corrected chi connectivity index (χ1v) is 6.57.